The van der Waals surface area contributed by atoms with Gasteiger partial charge in [0, 0.05) is 18.7 Å². The topological polar surface area (TPSA) is 67.0 Å². The standard InChI is InChI=1S/C18H29N3O2/c1-23-17(22)16(11-15-12-19-13-20-15)21-14-5-9-18(10-6-14)7-3-2-4-8-18/h12-14,16,21H,2-11H2,1H3,(H,19,20)/t16-/m0/s1. The number of rotatable bonds is 5. The summed E-state index contributed by atoms with van der Waals surface area (Å²) in [6.45, 7) is 0. The van der Waals surface area contributed by atoms with Gasteiger partial charge in [-0.2, -0.15) is 0 Å². The molecule has 1 spiro atoms. The maximum absolute atomic E-state index is 12.1. The minimum atomic E-state index is -0.297. The molecular formula is C18H29N3O2. The van der Waals surface area contributed by atoms with Crippen molar-refractivity contribution in [1.29, 1.82) is 0 Å². The molecule has 5 heteroatoms. The zero-order chi connectivity index (χ0) is 16.1. The van der Waals surface area contributed by atoms with Crippen LogP contribution in [-0.2, 0) is 16.0 Å². The lowest BCUT2D eigenvalue weighted by molar-refractivity contribution is -0.143. The van der Waals surface area contributed by atoms with Gasteiger partial charge >= 0.3 is 5.97 Å². The molecule has 3 rings (SSSR count). The number of ether oxygens (including phenoxy) is 1. The Hall–Kier alpha value is -1.36. The van der Waals surface area contributed by atoms with Gasteiger partial charge in [0.1, 0.15) is 6.04 Å². The van der Waals surface area contributed by atoms with E-state index in [-0.39, 0.29) is 12.0 Å². The lowest BCUT2D eigenvalue weighted by Crippen LogP contribution is -2.48. The third-order valence-electron chi connectivity index (χ3n) is 5.85. The lowest BCUT2D eigenvalue weighted by atomic mass is 9.64. The van der Waals surface area contributed by atoms with Crippen LogP contribution in [0.5, 0.6) is 0 Å². The van der Waals surface area contributed by atoms with Crippen LogP contribution in [0.25, 0.3) is 0 Å². The van der Waals surface area contributed by atoms with Gasteiger partial charge in [0.15, 0.2) is 0 Å². The molecule has 0 unspecified atom stereocenters. The Labute approximate surface area is 138 Å². The van der Waals surface area contributed by atoms with E-state index < -0.39 is 0 Å². The molecule has 1 atom stereocenters. The van der Waals surface area contributed by atoms with Gasteiger partial charge < -0.3 is 15.0 Å². The summed E-state index contributed by atoms with van der Waals surface area (Å²) in [5.41, 5.74) is 1.51. The predicted octanol–water partition coefficient (Wildman–Crippen LogP) is 2.98. The number of hydrogen-bond acceptors (Lipinski definition) is 4. The Kier molecular flexibility index (Phi) is 5.36. The number of aromatic amines is 1. The van der Waals surface area contributed by atoms with E-state index in [1.165, 1.54) is 64.9 Å². The maximum Gasteiger partial charge on any atom is 0.323 e. The second-order valence-electron chi connectivity index (χ2n) is 7.34. The van der Waals surface area contributed by atoms with E-state index in [0.717, 1.165) is 5.69 Å². The molecule has 0 bridgehead atoms. The van der Waals surface area contributed by atoms with E-state index in [0.29, 0.717) is 17.9 Å². The largest absolute Gasteiger partial charge is 0.468 e. The number of hydrogen-bond donors (Lipinski definition) is 2. The van der Waals surface area contributed by atoms with Crippen LogP contribution in [0.15, 0.2) is 12.5 Å². The van der Waals surface area contributed by atoms with E-state index in [1.807, 2.05) is 6.20 Å². The zero-order valence-corrected chi connectivity index (χ0v) is 14.1. The minimum absolute atomic E-state index is 0.189. The average Bonchev–Trinajstić information content (AvgIpc) is 3.09. The highest BCUT2D eigenvalue weighted by Crippen LogP contribution is 2.47. The van der Waals surface area contributed by atoms with Gasteiger partial charge in [-0.25, -0.2) is 4.98 Å². The molecule has 0 saturated heterocycles. The van der Waals surface area contributed by atoms with Crippen LogP contribution < -0.4 is 5.32 Å². The van der Waals surface area contributed by atoms with E-state index in [2.05, 4.69) is 15.3 Å². The number of esters is 1. The lowest BCUT2D eigenvalue weighted by Gasteiger charge is -2.43. The summed E-state index contributed by atoms with van der Waals surface area (Å²) in [6, 6.07) is 0.124. The van der Waals surface area contributed by atoms with Crippen molar-refractivity contribution in [3.8, 4) is 0 Å². The second kappa shape index (κ2) is 7.47. The summed E-state index contributed by atoms with van der Waals surface area (Å²) in [5.74, 6) is -0.189. The zero-order valence-electron chi connectivity index (χ0n) is 14.1. The van der Waals surface area contributed by atoms with Crippen molar-refractivity contribution in [1.82, 2.24) is 15.3 Å². The van der Waals surface area contributed by atoms with E-state index in [4.69, 9.17) is 4.74 Å². The van der Waals surface area contributed by atoms with Crippen LogP contribution >= 0.6 is 0 Å². The van der Waals surface area contributed by atoms with Gasteiger partial charge in [0.05, 0.1) is 19.1 Å². The van der Waals surface area contributed by atoms with Crippen molar-refractivity contribution in [2.75, 3.05) is 7.11 Å². The molecule has 128 valence electrons. The number of H-pyrrole nitrogens is 1. The van der Waals surface area contributed by atoms with Gasteiger partial charge in [0.25, 0.3) is 0 Å². The molecule has 0 radical (unpaired) electrons. The SMILES string of the molecule is COC(=O)[C@H](Cc1c[nH]cn1)NC1CCC2(CCCCC2)CC1. The number of nitrogens with zero attached hydrogens (tertiary/aromatic N) is 1. The van der Waals surface area contributed by atoms with E-state index >= 15 is 0 Å². The number of imidazole rings is 1. The third kappa shape index (κ3) is 4.14. The highest BCUT2D eigenvalue weighted by molar-refractivity contribution is 5.76. The number of methoxy groups -OCH3 is 1. The summed E-state index contributed by atoms with van der Waals surface area (Å²) in [5, 5.41) is 3.54. The quantitative estimate of drug-likeness (QED) is 0.819. The first kappa shape index (κ1) is 16.5. The smallest absolute Gasteiger partial charge is 0.323 e. The van der Waals surface area contributed by atoms with Gasteiger partial charge in [-0.15, -0.1) is 0 Å². The Morgan fingerprint density at radius 2 is 2.09 bits per heavy atom. The van der Waals surface area contributed by atoms with Crippen molar-refractivity contribution in [2.45, 2.75) is 76.3 Å². The normalized spacial score (nSPS) is 22.8. The molecule has 0 aromatic carbocycles. The van der Waals surface area contributed by atoms with E-state index in [9.17, 15) is 4.79 Å². The first-order chi connectivity index (χ1) is 11.2. The van der Waals surface area contributed by atoms with Gasteiger partial charge in [0.2, 0.25) is 0 Å². The molecule has 1 aromatic heterocycles. The second-order valence-corrected chi connectivity index (χ2v) is 7.34. The minimum Gasteiger partial charge on any atom is -0.468 e. The molecule has 5 nitrogen and oxygen atoms in total. The van der Waals surface area contributed by atoms with Crippen molar-refractivity contribution < 1.29 is 9.53 Å². The fourth-order valence-electron chi connectivity index (χ4n) is 4.45. The van der Waals surface area contributed by atoms with Crippen LogP contribution in [0, 0.1) is 5.41 Å². The van der Waals surface area contributed by atoms with Crippen LogP contribution in [-0.4, -0.2) is 35.1 Å². The van der Waals surface area contributed by atoms with Crippen LogP contribution in [0.2, 0.25) is 0 Å². The highest BCUT2D eigenvalue weighted by Gasteiger charge is 2.37. The first-order valence-electron chi connectivity index (χ1n) is 9.02. The Morgan fingerprint density at radius 1 is 1.35 bits per heavy atom. The number of aromatic nitrogens is 2. The van der Waals surface area contributed by atoms with Gasteiger partial charge in [-0.05, 0) is 43.9 Å². The van der Waals surface area contributed by atoms with Gasteiger partial charge in [-0.3, -0.25) is 4.79 Å². The molecule has 23 heavy (non-hydrogen) atoms. The summed E-state index contributed by atoms with van der Waals surface area (Å²) >= 11 is 0. The Morgan fingerprint density at radius 3 is 2.70 bits per heavy atom. The average molecular weight is 319 g/mol. The molecule has 1 aromatic rings. The molecule has 2 saturated carbocycles. The fraction of sp³-hybridized carbons (Fsp3) is 0.778. The van der Waals surface area contributed by atoms with Gasteiger partial charge in [-0.1, -0.05) is 19.3 Å². The summed E-state index contributed by atoms with van der Waals surface area (Å²) in [6.07, 6.45) is 16.1. The van der Waals surface area contributed by atoms with Crippen molar-refractivity contribution in [3.63, 3.8) is 0 Å². The summed E-state index contributed by atoms with van der Waals surface area (Å²) < 4.78 is 4.97. The Balaban J connectivity index is 1.54. The molecule has 1 heterocycles. The molecule has 2 aliphatic rings. The van der Waals surface area contributed by atoms with Crippen molar-refractivity contribution in [2.24, 2.45) is 5.41 Å². The number of nitrogens with one attached hydrogen (secondary N) is 2. The molecule has 0 amide bonds. The molecular weight excluding hydrogens is 290 g/mol. The monoisotopic (exact) mass is 319 g/mol. The summed E-state index contributed by atoms with van der Waals surface area (Å²) in [4.78, 5) is 19.3. The number of carbonyl (C=O) groups is 1. The maximum atomic E-state index is 12.1. The van der Waals surface area contributed by atoms with Crippen LogP contribution in [0.4, 0.5) is 0 Å². The molecule has 2 aliphatic carbocycles. The highest BCUT2D eigenvalue weighted by atomic mass is 16.5. The predicted molar refractivity (Wildman–Crippen MR) is 89.0 cm³/mol. The van der Waals surface area contributed by atoms with E-state index in [1.54, 1.807) is 6.33 Å². The third-order valence-corrected chi connectivity index (χ3v) is 5.85. The van der Waals surface area contributed by atoms with Crippen molar-refractivity contribution >= 4 is 5.97 Å². The fourth-order valence-corrected chi connectivity index (χ4v) is 4.45. The van der Waals surface area contributed by atoms with Crippen LogP contribution in [0.1, 0.15) is 63.5 Å². The van der Waals surface area contributed by atoms with Crippen LogP contribution in [0.3, 0.4) is 0 Å². The number of carbonyl (C=O) groups excluding carboxylic acids is 1. The van der Waals surface area contributed by atoms with Crippen molar-refractivity contribution in [3.05, 3.63) is 18.2 Å². The Bertz CT molecular complexity index is 484. The first-order valence-corrected chi connectivity index (χ1v) is 9.02. The molecule has 0 aliphatic heterocycles. The molecule has 2 N–H and O–H groups in total. The summed E-state index contributed by atoms with van der Waals surface area (Å²) in [7, 11) is 1.46. The molecule has 2 fully saturated rings.